The molecule has 1 aliphatic heterocycles. The van der Waals surface area contributed by atoms with E-state index in [-0.39, 0.29) is 11.9 Å². The minimum Gasteiger partial charge on any atom is -0.497 e. The number of amides is 1. The van der Waals surface area contributed by atoms with E-state index in [2.05, 4.69) is 34.5 Å². The van der Waals surface area contributed by atoms with E-state index in [0.29, 0.717) is 11.3 Å². The average Bonchev–Trinajstić information content (AvgIpc) is 3.37. The summed E-state index contributed by atoms with van der Waals surface area (Å²) >= 11 is 0. The smallest absolute Gasteiger partial charge is 0.255 e. The van der Waals surface area contributed by atoms with Gasteiger partial charge in [0, 0.05) is 37.4 Å². The van der Waals surface area contributed by atoms with E-state index < -0.39 is 0 Å². The summed E-state index contributed by atoms with van der Waals surface area (Å²) in [7, 11) is 1.64. The number of piperidine rings is 1. The summed E-state index contributed by atoms with van der Waals surface area (Å²) in [6.45, 7) is 2.88. The molecule has 2 heterocycles. The third-order valence-corrected chi connectivity index (χ3v) is 6.51. The second-order valence-electron chi connectivity index (χ2n) is 8.91. The van der Waals surface area contributed by atoms with Crippen LogP contribution in [0.25, 0.3) is 16.9 Å². The molecule has 1 aromatic heterocycles. The van der Waals surface area contributed by atoms with Gasteiger partial charge in [0.05, 0.1) is 18.4 Å². The summed E-state index contributed by atoms with van der Waals surface area (Å²) in [4.78, 5) is 15.9. The number of nitrogens with zero attached hydrogens (tertiary/aromatic N) is 3. The first-order chi connectivity index (χ1) is 17.2. The van der Waals surface area contributed by atoms with Gasteiger partial charge < -0.3 is 10.1 Å². The largest absolute Gasteiger partial charge is 0.497 e. The molecule has 178 valence electrons. The zero-order valence-electron chi connectivity index (χ0n) is 19.9. The Morgan fingerprint density at radius 1 is 0.943 bits per heavy atom. The second-order valence-corrected chi connectivity index (χ2v) is 8.91. The number of carbonyl (C=O) groups is 1. The van der Waals surface area contributed by atoms with E-state index in [1.807, 2.05) is 66.9 Å². The van der Waals surface area contributed by atoms with Crippen LogP contribution in [-0.4, -0.2) is 46.8 Å². The van der Waals surface area contributed by atoms with Crippen LogP contribution in [0.2, 0.25) is 0 Å². The third kappa shape index (κ3) is 5.44. The van der Waals surface area contributed by atoms with Crippen LogP contribution in [0.3, 0.4) is 0 Å². The van der Waals surface area contributed by atoms with E-state index in [1.165, 1.54) is 5.56 Å². The maximum Gasteiger partial charge on any atom is 0.255 e. The van der Waals surface area contributed by atoms with Gasteiger partial charge in [-0.3, -0.25) is 9.69 Å². The molecule has 6 heteroatoms. The number of aromatic nitrogens is 2. The van der Waals surface area contributed by atoms with Crippen LogP contribution in [0, 0.1) is 0 Å². The molecule has 1 aliphatic rings. The first-order valence-corrected chi connectivity index (χ1v) is 12.1. The number of nitrogens with one attached hydrogen (secondary N) is 1. The van der Waals surface area contributed by atoms with Gasteiger partial charge in [0.2, 0.25) is 0 Å². The van der Waals surface area contributed by atoms with Crippen molar-refractivity contribution in [2.75, 3.05) is 20.2 Å². The van der Waals surface area contributed by atoms with Crippen molar-refractivity contribution in [1.29, 1.82) is 0 Å². The lowest BCUT2D eigenvalue weighted by molar-refractivity contribution is 0.0909. The predicted molar refractivity (Wildman–Crippen MR) is 138 cm³/mol. The Bertz CT molecular complexity index is 1250. The summed E-state index contributed by atoms with van der Waals surface area (Å²) in [6.07, 6.45) is 3.70. The van der Waals surface area contributed by atoms with E-state index in [9.17, 15) is 4.79 Å². The Morgan fingerprint density at radius 2 is 1.60 bits per heavy atom. The van der Waals surface area contributed by atoms with Crippen molar-refractivity contribution in [2.45, 2.75) is 25.4 Å². The van der Waals surface area contributed by atoms with Crippen molar-refractivity contribution in [3.05, 3.63) is 102 Å². The fraction of sp³-hybridized carbons (Fsp3) is 0.241. The standard InChI is InChI=1S/C29H30N4O2/c1-35-26-14-12-23(13-15-26)28-27(21-33(31-28)25-10-6-3-7-11-25)29(34)30-24-16-18-32(19-17-24)20-22-8-4-2-5-9-22/h2-15,21,24H,16-20H2,1H3,(H,30,34). The minimum absolute atomic E-state index is 0.0838. The van der Waals surface area contributed by atoms with Crippen LogP contribution in [0.4, 0.5) is 0 Å². The molecule has 35 heavy (non-hydrogen) atoms. The molecular formula is C29H30N4O2. The van der Waals surface area contributed by atoms with Crippen molar-refractivity contribution >= 4 is 5.91 Å². The molecule has 0 unspecified atom stereocenters. The van der Waals surface area contributed by atoms with Gasteiger partial charge in [-0.2, -0.15) is 5.10 Å². The minimum atomic E-state index is -0.0838. The first kappa shape index (κ1) is 22.9. The molecular weight excluding hydrogens is 436 g/mol. The summed E-state index contributed by atoms with van der Waals surface area (Å²) in [6, 6.07) is 28.2. The maximum absolute atomic E-state index is 13.4. The quantitative estimate of drug-likeness (QED) is 0.419. The summed E-state index contributed by atoms with van der Waals surface area (Å²) < 4.78 is 7.07. The highest BCUT2D eigenvalue weighted by Gasteiger charge is 2.24. The molecule has 0 atom stereocenters. The first-order valence-electron chi connectivity index (χ1n) is 12.1. The molecule has 1 fully saturated rings. The highest BCUT2D eigenvalue weighted by Crippen LogP contribution is 2.26. The molecule has 0 bridgehead atoms. The van der Waals surface area contributed by atoms with Gasteiger partial charge in [-0.1, -0.05) is 48.5 Å². The Hall–Kier alpha value is -3.90. The van der Waals surface area contributed by atoms with Crippen LogP contribution in [0.5, 0.6) is 5.75 Å². The fourth-order valence-corrected chi connectivity index (χ4v) is 4.56. The van der Waals surface area contributed by atoms with E-state index in [1.54, 1.807) is 11.8 Å². The molecule has 3 aromatic carbocycles. The molecule has 4 aromatic rings. The fourth-order valence-electron chi connectivity index (χ4n) is 4.56. The normalized spacial score (nSPS) is 14.5. The van der Waals surface area contributed by atoms with Crippen molar-refractivity contribution in [3.8, 4) is 22.7 Å². The Kier molecular flexibility index (Phi) is 6.91. The Morgan fingerprint density at radius 3 is 2.26 bits per heavy atom. The van der Waals surface area contributed by atoms with Crippen molar-refractivity contribution < 1.29 is 9.53 Å². The number of para-hydroxylation sites is 1. The van der Waals surface area contributed by atoms with Crippen molar-refractivity contribution in [2.24, 2.45) is 0 Å². The van der Waals surface area contributed by atoms with Crippen LogP contribution in [0.1, 0.15) is 28.8 Å². The molecule has 0 aliphatic carbocycles. The number of benzene rings is 3. The van der Waals surface area contributed by atoms with E-state index in [0.717, 1.165) is 49.5 Å². The van der Waals surface area contributed by atoms with Crippen molar-refractivity contribution in [3.63, 3.8) is 0 Å². The number of ether oxygens (including phenoxy) is 1. The SMILES string of the molecule is COc1ccc(-c2nn(-c3ccccc3)cc2C(=O)NC2CCN(Cc3ccccc3)CC2)cc1. The van der Waals surface area contributed by atoms with Gasteiger partial charge in [0.1, 0.15) is 11.4 Å². The van der Waals surface area contributed by atoms with Crippen LogP contribution in [-0.2, 0) is 6.54 Å². The van der Waals surface area contributed by atoms with Gasteiger partial charge in [-0.25, -0.2) is 4.68 Å². The highest BCUT2D eigenvalue weighted by atomic mass is 16.5. The molecule has 1 saturated heterocycles. The number of hydrogen-bond acceptors (Lipinski definition) is 4. The zero-order chi connectivity index (χ0) is 24.0. The molecule has 1 N–H and O–H groups in total. The van der Waals surface area contributed by atoms with Crippen LogP contribution < -0.4 is 10.1 Å². The lowest BCUT2D eigenvalue weighted by Crippen LogP contribution is -2.44. The highest BCUT2D eigenvalue weighted by molar-refractivity contribution is 6.00. The van der Waals surface area contributed by atoms with Gasteiger partial charge in [-0.15, -0.1) is 0 Å². The average molecular weight is 467 g/mol. The number of rotatable bonds is 7. The lowest BCUT2D eigenvalue weighted by Gasteiger charge is -2.32. The predicted octanol–water partition coefficient (Wildman–Crippen LogP) is 4.94. The lowest BCUT2D eigenvalue weighted by atomic mass is 10.0. The van der Waals surface area contributed by atoms with E-state index >= 15 is 0 Å². The molecule has 6 nitrogen and oxygen atoms in total. The van der Waals surface area contributed by atoms with Gasteiger partial charge in [0.25, 0.3) is 5.91 Å². The van der Waals surface area contributed by atoms with Crippen LogP contribution in [0.15, 0.2) is 91.1 Å². The molecule has 0 saturated carbocycles. The topological polar surface area (TPSA) is 59.4 Å². The monoisotopic (exact) mass is 466 g/mol. The molecule has 0 spiro atoms. The van der Waals surface area contributed by atoms with E-state index in [4.69, 9.17) is 9.84 Å². The molecule has 5 rings (SSSR count). The summed E-state index contributed by atoms with van der Waals surface area (Å²) in [5.41, 5.74) is 4.35. The number of methoxy groups -OCH3 is 1. The molecule has 0 radical (unpaired) electrons. The molecule has 1 amide bonds. The van der Waals surface area contributed by atoms with Gasteiger partial charge in [-0.05, 0) is 54.8 Å². The van der Waals surface area contributed by atoms with Crippen molar-refractivity contribution in [1.82, 2.24) is 20.0 Å². The summed E-state index contributed by atoms with van der Waals surface area (Å²) in [5, 5.41) is 8.06. The van der Waals surface area contributed by atoms with Gasteiger partial charge in [0.15, 0.2) is 0 Å². The number of carbonyl (C=O) groups excluding carboxylic acids is 1. The van der Waals surface area contributed by atoms with Crippen LogP contribution >= 0.6 is 0 Å². The Labute approximate surface area is 206 Å². The summed E-state index contributed by atoms with van der Waals surface area (Å²) in [5.74, 6) is 0.684. The second kappa shape index (κ2) is 10.6. The Balaban J connectivity index is 1.31. The zero-order valence-corrected chi connectivity index (χ0v) is 19.9. The maximum atomic E-state index is 13.4. The third-order valence-electron chi connectivity index (χ3n) is 6.51. The van der Waals surface area contributed by atoms with Gasteiger partial charge >= 0.3 is 0 Å². The number of hydrogen-bond donors (Lipinski definition) is 1. The number of likely N-dealkylation sites (tertiary alicyclic amines) is 1.